The Kier molecular flexibility index (Phi) is 4.19. The third-order valence-corrected chi connectivity index (χ3v) is 5.53. The van der Waals surface area contributed by atoms with Crippen LogP contribution < -0.4 is 9.64 Å². The molecule has 8 heteroatoms. The first-order valence-corrected chi connectivity index (χ1v) is 9.78. The highest BCUT2D eigenvalue weighted by atomic mass is 16.5. The highest BCUT2D eigenvalue weighted by Gasteiger charge is 2.32. The number of carbonyl (C=O) groups is 1. The number of fused-ring (bicyclic) bond motifs is 1. The van der Waals surface area contributed by atoms with Crippen LogP contribution in [-0.4, -0.2) is 37.0 Å². The van der Waals surface area contributed by atoms with Gasteiger partial charge in [-0.2, -0.15) is 5.10 Å². The van der Waals surface area contributed by atoms with Gasteiger partial charge in [0, 0.05) is 41.3 Å². The zero-order valence-corrected chi connectivity index (χ0v) is 16.0. The van der Waals surface area contributed by atoms with Crippen molar-refractivity contribution >= 4 is 11.8 Å². The maximum Gasteiger partial charge on any atom is 0.412 e. The van der Waals surface area contributed by atoms with Crippen LogP contribution in [0.4, 0.5) is 10.5 Å². The molecule has 1 N–H and O–H groups in total. The number of ether oxygens (including phenoxy) is 1. The smallest absolute Gasteiger partial charge is 0.412 e. The van der Waals surface area contributed by atoms with Crippen LogP contribution >= 0.6 is 0 Å². The Balaban J connectivity index is 1.65. The van der Waals surface area contributed by atoms with Crippen molar-refractivity contribution in [2.45, 2.75) is 44.7 Å². The van der Waals surface area contributed by atoms with E-state index >= 15 is 0 Å². The SMILES string of the molecule is C[C@H]1CCc2c(ccc(-c3cnn(C4CC4)c3)c2Oc2cnccn2)N1C(=O)O. The van der Waals surface area contributed by atoms with Gasteiger partial charge in [-0.25, -0.2) is 9.78 Å². The first-order valence-electron chi connectivity index (χ1n) is 9.78. The Bertz CT molecular complexity index is 1060. The molecule has 148 valence electrons. The van der Waals surface area contributed by atoms with E-state index in [2.05, 4.69) is 15.1 Å². The van der Waals surface area contributed by atoms with Gasteiger partial charge in [0.2, 0.25) is 5.88 Å². The molecule has 0 unspecified atom stereocenters. The predicted octanol–water partition coefficient (Wildman–Crippen LogP) is 4.29. The molecule has 1 fully saturated rings. The van der Waals surface area contributed by atoms with Crippen molar-refractivity contribution in [3.8, 4) is 22.8 Å². The van der Waals surface area contributed by atoms with Gasteiger partial charge in [-0.1, -0.05) is 0 Å². The second kappa shape index (κ2) is 6.88. The summed E-state index contributed by atoms with van der Waals surface area (Å²) >= 11 is 0. The van der Waals surface area contributed by atoms with Gasteiger partial charge in [-0.05, 0) is 44.7 Å². The van der Waals surface area contributed by atoms with Crippen LogP contribution in [0.3, 0.4) is 0 Å². The monoisotopic (exact) mass is 391 g/mol. The summed E-state index contributed by atoms with van der Waals surface area (Å²) in [5, 5.41) is 14.2. The third-order valence-electron chi connectivity index (χ3n) is 5.53. The van der Waals surface area contributed by atoms with E-state index in [4.69, 9.17) is 4.74 Å². The zero-order chi connectivity index (χ0) is 20.0. The van der Waals surface area contributed by atoms with Crippen molar-refractivity contribution in [3.05, 3.63) is 48.7 Å². The molecular formula is C21H21N5O3. The first kappa shape index (κ1) is 17.7. The summed E-state index contributed by atoms with van der Waals surface area (Å²) in [7, 11) is 0. The van der Waals surface area contributed by atoms with Crippen molar-refractivity contribution < 1.29 is 14.6 Å². The lowest BCUT2D eigenvalue weighted by molar-refractivity contribution is 0.198. The molecule has 0 spiro atoms. The van der Waals surface area contributed by atoms with Crippen molar-refractivity contribution in [2.24, 2.45) is 0 Å². The van der Waals surface area contributed by atoms with Crippen molar-refractivity contribution in [3.63, 3.8) is 0 Å². The van der Waals surface area contributed by atoms with Gasteiger partial charge in [0.05, 0.1) is 24.1 Å². The van der Waals surface area contributed by atoms with Crippen LogP contribution in [0.2, 0.25) is 0 Å². The van der Waals surface area contributed by atoms with E-state index in [-0.39, 0.29) is 6.04 Å². The number of rotatable bonds is 4. The highest BCUT2D eigenvalue weighted by molar-refractivity contribution is 5.91. The van der Waals surface area contributed by atoms with Crippen molar-refractivity contribution in [2.75, 3.05) is 4.90 Å². The summed E-state index contributed by atoms with van der Waals surface area (Å²) in [6, 6.07) is 4.17. The molecule has 2 aromatic heterocycles. The topological polar surface area (TPSA) is 93.4 Å². The standard InChI is InChI=1S/C21H21N5O3/c1-13-2-5-17-18(26(13)21(27)28)7-6-16(14-10-24-25(12-14)15-3-4-15)20(17)29-19-11-22-8-9-23-19/h6-13,15H,2-5H2,1H3,(H,27,28)/t13-/m0/s1. The van der Waals surface area contributed by atoms with Crippen LogP contribution in [0.5, 0.6) is 11.6 Å². The third kappa shape index (κ3) is 3.20. The average Bonchev–Trinajstić information content (AvgIpc) is 3.46. The molecule has 1 aliphatic carbocycles. The molecule has 1 amide bonds. The Morgan fingerprint density at radius 2 is 2.07 bits per heavy atom. The fourth-order valence-corrected chi connectivity index (χ4v) is 3.90. The van der Waals surface area contributed by atoms with E-state index in [1.807, 2.05) is 36.1 Å². The second-order valence-electron chi connectivity index (χ2n) is 7.57. The molecular weight excluding hydrogens is 370 g/mol. The van der Waals surface area contributed by atoms with Gasteiger partial charge in [0.25, 0.3) is 0 Å². The normalized spacial score (nSPS) is 18.4. The molecule has 1 atom stereocenters. The summed E-state index contributed by atoms with van der Waals surface area (Å²) in [6.45, 7) is 1.92. The number of anilines is 1. The van der Waals surface area contributed by atoms with Crippen LogP contribution in [0, 0.1) is 0 Å². The number of aromatic nitrogens is 4. The van der Waals surface area contributed by atoms with Crippen LogP contribution in [-0.2, 0) is 6.42 Å². The van der Waals surface area contributed by atoms with E-state index in [9.17, 15) is 9.90 Å². The predicted molar refractivity (Wildman–Crippen MR) is 106 cm³/mol. The molecule has 5 rings (SSSR count). The summed E-state index contributed by atoms with van der Waals surface area (Å²) in [5.74, 6) is 0.994. The second-order valence-corrected chi connectivity index (χ2v) is 7.57. The lowest BCUT2D eigenvalue weighted by Gasteiger charge is -2.34. The Morgan fingerprint density at radius 1 is 1.21 bits per heavy atom. The highest BCUT2D eigenvalue weighted by Crippen LogP contribution is 2.45. The van der Waals surface area contributed by atoms with Gasteiger partial charge in [-0.15, -0.1) is 0 Å². The summed E-state index contributed by atoms with van der Waals surface area (Å²) in [6.07, 6.45) is 11.4. The largest absolute Gasteiger partial charge is 0.465 e. The maximum atomic E-state index is 11.9. The van der Waals surface area contributed by atoms with Crippen molar-refractivity contribution in [1.29, 1.82) is 0 Å². The van der Waals surface area contributed by atoms with Gasteiger partial charge in [-0.3, -0.25) is 14.6 Å². The van der Waals surface area contributed by atoms with E-state index in [1.165, 1.54) is 4.90 Å². The van der Waals surface area contributed by atoms with Gasteiger partial charge in [0.15, 0.2) is 0 Å². The Hall–Kier alpha value is -3.42. The van der Waals surface area contributed by atoms with Crippen molar-refractivity contribution in [1.82, 2.24) is 19.7 Å². The zero-order valence-electron chi connectivity index (χ0n) is 16.0. The van der Waals surface area contributed by atoms with E-state index in [0.29, 0.717) is 23.4 Å². The number of amides is 1. The number of hydrogen-bond acceptors (Lipinski definition) is 5. The average molecular weight is 391 g/mol. The molecule has 8 nitrogen and oxygen atoms in total. The van der Waals surface area contributed by atoms with Gasteiger partial charge in [0.1, 0.15) is 5.75 Å². The molecule has 0 saturated heterocycles. The minimum absolute atomic E-state index is 0.0900. The van der Waals surface area contributed by atoms with E-state index < -0.39 is 6.09 Å². The Morgan fingerprint density at radius 3 is 2.79 bits per heavy atom. The minimum atomic E-state index is -0.960. The molecule has 1 aromatic carbocycles. The quantitative estimate of drug-likeness (QED) is 0.713. The van der Waals surface area contributed by atoms with Crippen LogP contribution in [0.25, 0.3) is 11.1 Å². The molecule has 0 bridgehead atoms. The molecule has 1 aliphatic heterocycles. The molecule has 3 aromatic rings. The van der Waals surface area contributed by atoms with Gasteiger partial charge < -0.3 is 9.84 Å². The first-order chi connectivity index (χ1) is 14.1. The number of nitrogens with zero attached hydrogens (tertiary/aromatic N) is 5. The lowest BCUT2D eigenvalue weighted by atomic mass is 9.92. The molecule has 0 radical (unpaired) electrons. The lowest BCUT2D eigenvalue weighted by Crippen LogP contribution is -2.41. The van der Waals surface area contributed by atoms with Crippen LogP contribution in [0.15, 0.2) is 43.1 Å². The fourth-order valence-electron chi connectivity index (χ4n) is 3.90. The number of hydrogen-bond donors (Lipinski definition) is 1. The van der Waals surface area contributed by atoms with E-state index in [1.54, 1.807) is 18.6 Å². The number of carboxylic acid groups (broad SMARTS) is 1. The fraction of sp³-hybridized carbons (Fsp3) is 0.333. The minimum Gasteiger partial charge on any atom is -0.465 e. The molecule has 3 heterocycles. The molecule has 2 aliphatic rings. The molecule has 1 saturated carbocycles. The maximum absolute atomic E-state index is 11.9. The van der Waals surface area contributed by atoms with Crippen LogP contribution in [0.1, 0.15) is 37.8 Å². The Labute approximate surface area is 167 Å². The summed E-state index contributed by atoms with van der Waals surface area (Å²) < 4.78 is 8.17. The van der Waals surface area contributed by atoms with E-state index in [0.717, 1.165) is 42.4 Å². The summed E-state index contributed by atoms with van der Waals surface area (Å²) in [5.41, 5.74) is 3.35. The number of benzene rings is 1. The molecule has 29 heavy (non-hydrogen) atoms. The summed E-state index contributed by atoms with van der Waals surface area (Å²) in [4.78, 5) is 21.6. The van der Waals surface area contributed by atoms with Gasteiger partial charge >= 0.3 is 6.09 Å².